The summed E-state index contributed by atoms with van der Waals surface area (Å²) in [4.78, 5) is 4.35. The van der Waals surface area contributed by atoms with E-state index in [1.165, 1.54) is 11.1 Å². The first-order chi connectivity index (χ1) is 13.4. The second-order valence-corrected chi connectivity index (χ2v) is 6.42. The van der Waals surface area contributed by atoms with Gasteiger partial charge in [0, 0.05) is 24.7 Å². The molecule has 28 heavy (non-hydrogen) atoms. The Balaban J connectivity index is 1.60. The molecule has 3 aromatic rings. The molecule has 0 unspecified atom stereocenters. The number of hydrogen-bond donors (Lipinski definition) is 1. The molecular formula is C21H16F3N3O. The van der Waals surface area contributed by atoms with Crippen molar-refractivity contribution >= 4 is 28.5 Å². The second kappa shape index (κ2) is 6.99. The molecule has 0 atom stereocenters. The average Bonchev–Trinajstić information content (AvgIpc) is 3.16. The lowest BCUT2D eigenvalue weighted by atomic mass is 10.0. The molecule has 4 nitrogen and oxygen atoms in total. The second-order valence-electron chi connectivity index (χ2n) is 6.42. The Morgan fingerprint density at radius 2 is 1.86 bits per heavy atom. The molecule has 0 aliphatic carbocycles. The maximum Gasteiger partial charge on any atom is 0.416 e. The first-order valence-electron chi connectivity index (χ1n) is 8.69. The minimum atomic E-state index is -4.40. The minimum Gasteiger partial charge on any atom is -0.507 e. The van der Waals surface area contributed by atoms with Gasteiger partial charge in [0.2, 0.25) is 0 Å². The first kappa shape index (κ1) is 18.0. The van der Waals surface area contributed by atoms with Crippen LogP contribution in [0.2, 0.25) is 0 Å². The summed E-state index contributed by atoms with van der Waals surface area (Å²) in [5.74, 6) is 0.598. The maximum atomic E-state index is 12.9. The van der Waals surface area contributed by atoms with E-state index < -0.39 is 11.7 Å². The van der Waals surface area contributed by atoms with Crippen molar-refractivity contribution in [2.75, 3.05) is 11.6 Å². The Morgan fingerprint density at radius 1 is 1.04 bits per heavy atom. The van der Waals surface area contributed by atoms with Crippen molar-refractivity contribution in [2.24, 2.45) is 10.1 Å². The highest BCUT2D eigenvalue weighted by Gasteiger charge is 2.31. The van der Waals surface area contributed by atoms with E-state index in [2.05, 4.69) is 10.1 Å². The molecule has 0 aromatic heterocycles. The van der Waals surface area contributed by atoms with Crippen LogP contribution >= 0.6 is 0 Å². The third-order valence-electron chi connectivity index (χ3n) is 4.55. The SMILES string of the molecule is Oc1ccc2ccccc2c1/C=N/C1=NN(c2cccc(C(F)(F)F)c2)CC1. The lowest BCUT2D eigenvalue weighted by Crippen LogP contribution is -2.13. The van der Waals surface area contributed by atoms with Crippen LogP contribution in [0.3, 0.4) is 0 Å². The Labute approximate surface area is 159 Å². The van der Waals surface area contributed by atoms with Gasteiger partial charge >= 0.3 is 6.18 Å². The van der Waals surface area contributed by atoms with Gasteiger partial charge in [0.05, 0.1) is 11.3 Å². The Morgan fingerprint density at radius 3 is 2.68 bits per heavy atom. The van der Waals surface area contributed by atoms with E-state index in [-0.39, 0.29) is 5.75 Å². The highest BCUT2D eigenvalue weighted by molar-refractivity contribution is 6.06. The molecule has 142 valence electrons. The predicted octanol–water partition coefficient (Wildman–Crippen LogP) is 5.21. The standard InChI is InChI=1S/C21H16F3N3O/c22-21(23,24)15-5-3-6-16(12-15)27-11-10-20(26-27)25-13-18-17-7-2-1-4-14(17)8-9-19(18)28/h1-9,12-13,28H,10-11H2/b25-13+. The van der Waals surface area contributed by atoms with Gasteiger partial charge in [0.25, 0.3) is 0 Å². The number of amidine groups is 1. The van der Waals surface area contributed by atoms with E-state index in [4.69, 9.17) is 0 Å². The number of nitrogens with zero attached hydrogens (tertiary/aromatic N) is 3. The molecule has 1 aliphatic rings. The van der Waals surface area contributed by atoms with E-state index in [0.29, 0.717) is 30.1 Å². The molecule has 0 amide bonds. The van der Waals surface area contributed by atoms with Crippen LogP contribution in [0.5, 0.6) is 5.75 Å². The van der Waals surface area contributed by atoms with Gasteiger partial charge in [0.1, 0.15) is 5.75 Å². The number of benzene rings is 3. The molecule has 1 aliphatic heterocycles. The molecule has 7 heteroatoms. The van der Waals surface area contributed by atoms with E-state index >= 15 is 0 Å². The van der Waals surface area contributed by atoms with E-state index in [1.807, 2.05) is 30.3 Å². The van der Waals surface area contributed by atoms with Crippen LogP contribution in [-0.4, -0.2) is 23.7 Å². The van der Waals surface area contributed by atoms with Gasteiger partial charge in [-0.3, -0.25) is 5.01 Å². The van der Waals surface area contributed by atoms with Crippen molar-refractivity contribution in [1.82, 2.24) is 0 Å². The number of phenols is 1. The van der Waals surface area contributed by atoms with Crippen LogP contribution in [0.15, 0.2) is 70.8 Å². The fourth-order valence-corrected chi connectivity index (χ4v) is 3.12. The number of anilines is 1. The highest BCUT2D eigenvalue weighted by Crippen LogP contribution is 2.32. The molecule has 4 rings (SSSR count). The van der Waals surface area contributed by atoms with Gasteiger partial charge in [-0.25, -0.2) is 4.99 Å². The highest BCUT2D eigenvalue weighted by atomic mass is 19.4. The van der Waals surface area contributed by atoms with Crippen LogP contribution in [0.25, 0.3) is 10.8 Å². The molecular weight excluding hydrogens is 367 g/mol. The van der Waals surface area contributed by atoms with E-state index in [0.717, 1.165) is 22.9 Å². The van der Waals surface area contributed by atoms with Crippen molar-refractivity contribution in [3.63, 3.8) is 0 Å². The number of fused-ring (bicyclic) bond motifs is 1. The zero-order chi connectivity index (χ0) is 19.7. The number of rotatable bonds is 2. The van der Waals surface area contributed by atoms with Crippen LogP contribution in [0.1, 0.15) is 17.5 Å². The summed E-state index contributed by atoms with van der Waals surface area (Å²) in [5, 5.41) is 17.8. The smallest absolute Gasteiger partial charge is 0.416 e. The molecule has 3 aromatic carbocycles. The Bertz CT molecular complexity index is 1090. The zero-order valence-corrected chi connectivity index (χ0v) is 14.7. The summed E-state index contributed by atoms with van der Waals surface area (Å²) in [6, 6.07) is 16.1. The minimum absolute atomic E-state index is 0.107. The topological polar surface area (TPSA) is 48.2 Å². The lowest BCUT2D eigenvalue weighted by Gasteiger charge is -2.15. The number of halogens is 3. The van der Waals surface area contributed by atoms with E-state index in [9.17, 15) is 18.3 Å². The number of hydrogen-bond acceptors (Lipinski definition) is 4. The molecule has 1 N–H and O–H groups in total. The van der Waals surface area contributed by atoms with Crippen molar-refractivity contribution < 1.29 is 18.3 Å². The normalized spacial score (nSPS) is 14.8. The fraction of sp³-hybridized carbons (Fsp3) is 0.143. The number of alkyl halides is 3. The molecule has 1 heterocycles. The van der Waals surface area contributed by atoms with Crippen molar-refractivity contribution in [1.29, 1.82) is 0 Å². The van der Waals surface area contributed by atoms with E-state index in [1.54, 1.807) is 18.3 Å². The fourth-order valence-electron chi connectivity index (χ4n) is 3.12. The Kier molecular flexibility index (Phi) is 4.50. The number of aromatic hydroxyl groups is 1. The van der Waals surface area contributed by atoms with Gasteiger partial charge < -0.3 is 5.11 Å². The van der Waals surface area contributed by atoms with Gasteiger partial charge in [-0.15, -0.1) is 0 Å². The summed E-state index contributed by atoms with van der Waals surface area (Å²) in [5.41, 5.74) is 0.240. The van der Waals surface area contributed by atoms with Crippen molar-refractivity contribution in [3.05, 3.63) is 71.8 Å². The molecule has 0 spiro atoms. The molecule has 0 saturated heterocycles. The zero-order valence-electron chi connectivity index (χ0n) is 14.7. The average molecular weight is 383 g/mol. The number of aliphatic imine (C=N–C) groups is 1. The molecule has 0 bridgehead atoms. The summed E-state index contributed by atoms with van der Waals surface area (Å²) >= 11 is 0. The van der Waals surface area contributed by atoms with Crippen LogP contribution in [0.4, 0.5) is 18.9 Å². The number of phenolic OH excluding ortho intramolecular Hbond substituents is 1. The van der Waals surface area contributed by atoms with Gasteiger partial charge in [-0.05, 0) is 35.0 Å². The predicted molar refractivity (Wildman–Crippen MR) is 104 cm³/mol. The van der Waals surface area contributed by atoms with Gasteiger partial charge in [-0.1, -0.05) is 36.4 Å². The summed E-state index contributed by atoms with van der Waals surface area (Å²) in [7, 11) is 0. The van der Waals surface area contributed by atoms with Crippen LogP contribution < -0.4 is 5.01 Å². The number of hydrazone groups is 1. The summed E-state index contributed by atoms with van der Waals surface area (Å²) in [6.45, 7) is 0.440. The summed E-state index contributed by atoms with van der Waals surface area (Å²) < 4.78 is 38.7. The van der Waals surface area contributed by atoms with Gasteiger partial charge in [0.15, 0.2) is 5.84 Å². The third-order valence-corrected chi connectivity index (χ3v) is 4.55. The quantitative estimate of drug-likeness (QED) is 0.618. The lowest BCUT2D eigenvalue weighted by molar-refractivity contribution is -0.137. The summed E-state index contributed by atoms with van der Waals surface area (Å²) in [6.07, 6.45) is -2.35. The maximum absolute atomic E-state index is 12.9. The first-order valence-corrected chi connectivity index (χ1v) is 8.69. The van der Waals surface area contributed by atoms with Crippen LogP contribution in [-0.2, 0) is 6.18 Å². The van der Waals surface area contributed by atoms with Crippen molar-refractivity contribution in [3.8, 4) is 5.75 Å². The van der Waals surface area contributed by atoms with Crippen LogP contribution in [0, 0.1) is 0 Å². The van der Waals surface area contributed by atoms with Crippen molar-refractivity contribution in [2.45, 2.75) is 12.6 Å². The molecule has 0 radical (unpaired) electrons. The molecule has 0 fully saturated rings. The Hall–Kier alpha value is -3.35. The monoisotopic (exact) mass is 383 g/mol. The van der Waals surface area contributed by atoms with Gasteiger partial charge in [-0.2, -0.15) is 18.3 Å². The third kappa shape index (κ3) is 3.55. The largest absolute Gasteiger partial charge is 0.507 e. The molecule has 0 saturated carbocycles.